The van der Waals surface area contributed by atoms with Crippen molar-refractivity contribution in [2.75, 3.05) is 26.7 Å². The van der Waals surface area contributed by atoms with Crippen LogP contribution in [-0.2, 0) is 0 Å². The monoisotopic (exact) mass is 214 g/mol. The third kappa shape index (κ3) is 3.44. The van der Waals surface area contributed by atoms with E-state index in [0.717, 1.165) is 13.1 Å². The fraction of sp³-hybridized carbons (Fsp3) is 1.00. The number of aliphatic hydroxyl groups excluding tert-OH is 1. The van der Waals surface area contributed by atoms with Gasteiger partial charge in [0.25, 0.3) is 0 Å². The second-order valence-corrected chi connectivity index (χ2v) is 4.90. The molecule has 1 fully saturated rings. The molecule has 3 atom stereocenters. The molecule has 0 saturated carbocycles. The Morgan fingerprint density at radius 2 is 2.00 bits per heavy atom. The van der Waals surface area contributed by atoms with Crippen LogP contribution in [0.2, 0.25) is 0 Å². The predicted molar refractivity (Wildman–Crippen MR) is 64.0 cm³/mol. The van der Waals surface area contributed by atoms with Crippen LogP contribution in [-0.4, -0.2) is 59.8 Å². The summed E-state index contributed by atoms with van der Waals surface area (Å²) in [5.41, 5.74) is 0. The summed E-state index contributed by atoms with van der Waals surface area (Å²) in [6.07, 6.45) is 2.15. The SMILES string of the molecule is CCC1CN(C)CCCN1C(C)C(C)O. The van der Waals surface area contributed by atoms with Gasteiger partial charge in [-0.1, -0.05) is 6.92 Å². The first-order chi connectivity index (χ1) is 7.06. The van der Waals surface area contributed by atoms with Crippen LogP contribution in [0.3, 0.4) is 0 Å². The summed E-state index contributed by atoms with van der Waals surface area (Å²) in [7, 11) is 2.19. The van der Waals surface area contributed by atoms with Gasteiger partial charge >= 0.3 is 0 Å². The zero-order valence-electron chi connectivity index (χ0n) is 10.6. The molecule has 3 nitrogen and oxygen atoms in total. The summed E-state index contributed by atoms with van der Waals surface area (Å²) in [6.45, 7) is 9.71. The van der Waals surface area contributed by atoms with E-state index in [4.69, 9.17) is 0 Å². The maximum atomic E-state index is 9.69. The van der Waals surface area contributed by atoms with Crippen LogP contribution in [0.15, 0.2) is 0 Å². The third-order valence-electron chi connectivity index (χ3n) is 3.64. The van der Waals surface area contributed by atoms with Gasteiger partial charge in [-0.2, -0.15) is 0 Å². The predicted octanol–water partition coefficient (Wildman–Crippen LogP) is 1.17. The number of aliphatic hydroxyl groups is 1. The maximum absolute atomic E-state index is 9.69. The Kier molecular flexibility index (Phi) is 5.03. The summed E-state index contributed by atoms with van der Waals surface area (Å²) < 4.78 is 0. The minimum Gasteiger partial charge on any atom is -0.392 e. The van der Waals surface area contributed by atoms with Crippen LogP contribution >= 0.6 is 0 Å². The molecule has 1 N–H and O–H groups in total. The van der Waals surface area contributed by atoms with Gasteiger partial charge in [-0.3, -0.25) is 4.90 Å². The van der Waals surface area contributed by atoms with Crippen molar-refractivity contribution in [2.24, 2.45) is 0 Å². The molecule has 1 aliphatic rings. The van der Waals surface area contributed by atoms with Crippen molar-refractivity contribution < 1.29 is 5.11 Å². The lowest BCUT2D eigenvalue weighted by atomic mass is 10.1. The molecular formula is C12H26N2O. The molecule has 3 heteroatoms. The van der Waals surface area contributed by atoms with E-state index in [0.29, 0.717) is 6.04 Å². The summed E-state index contributed by atoms with van der Waals surface area (Å²) in [5, 5.41) is 9.69. The zero-order chi connectivity index (χ0) is 11.4. The van der Waals surface area contributed by atoms with E-state index in [1.54, 1.807) is 0 Å². The van der Waals surface area contributed by atoms with Crippen molar-refractivity contribution in [3.63, 3.8) is 0 Å². The lowest BCUT2D eigenvalue weighted by Crippen LogP contribution is -2.48. The topological polar surface area (TPSA) is 26.7 Å². The van der Waals surface area contributed by atoms with Crippen LogP contribution in [0.4, 0.5) is 0 Å². The van der Waals surface area contributed by atoms with Gasteiger partial charge in [0.1, 0.15) is 0 Å². The molecule has 1 aliphatic heterocycles. The quantitative estimate of drug-likeness (QED) is 0.764. The van der Waals surface area contributed by atoms with Crippen LogP contribution in [0, 0.1) is 0 Å². The van der Waals surface area contributed by atoms with Gasteiger partial charge in [0.15, 0.2) is 0 Å². The molecule has 0 bridgehead atoms. The van der Waals surface area contributed by atoms with Crippen molar-refractivity contribution in [1.29, 1.82) is 0 Å². The molecule has 15 heavy (non-hydrogen) atoms. The van der Waals surface area contributed by atoms with Crippen LogP contribution in [0.1, 0.15) is 33.6 Å². The number of nitrogens with zero attached hydrogens (tertiary/aromatic N) is 2. The normalized spacial score (nSPS) is 29.8. The van der Waals surface area contributed by atoms with Crippen LogP contribution in [0.25, 0.3) is 0 Å². The van der Waals surface area contributed by atoms with Gasteiger partial charge in [-0.25, -0.2) is 0 Å². The second-order valence-electron chi connectivity index (χ2n) is 4.90. The Bertz CT molecular complexity index is 184. The second kappa shape index (κ2) is 5.83. The first-order valence-corrected chi connectivity index (χ1v) is 6.18. The third-order valence-corrected chi connectivity index (χ3v) is 3.64. The highest BCUT2D eigenvalue weighted by molar-refractivity contribution is 4.83. The molecule has 1 heterocycles. The van der Waals surface area contributed by atoms with Gasteiger partial charge < -0.3 is 10.0 Å². The maximum Gasteiger partial charge on any atom is 0.0664 e. The van der Waals surface area contributed by atoms with Gasteiger partial charge in [-0.05, 0) is 40.3 Å². The molecule has 0 amide bonds. The summed E-state index contributed by atoms with van der Waals surface area (Å²) in [5.74, 6) is 0. The van der Waals surface area contributed by atoms with Gasteiger partial charge in [0.05, 0.1) is 6.10 Å². The van der Waals surface area contributed by atoms with E-state index in [1.807, 2.05) is 6.92 Å². The molecule has 3 unspecified atom stereocenters. The minimum absolute atomic E-state index is 0.234. The highest BCUT2D eigenvalue weighted by Crippen LogP contribution is 2.16. The molecule has 0 aromatic rings. The first-order valence-electron chi connectivity index (χ1n) is 6.18. The van der Waals surface area contributed by atoms with Crippen molar-refractivity contribution in [1.82, 2.24) is 9.80 Å². The van der Waals surface area contributed by atoms with Crippen molar-refractivity contribution in [2.45, 2.75) is 51.8 Å². The fourth-order valence-corrected chi connectivity index (χ4v) is 2.44. The molecular weight excluding hydrogens is 188 g/mol. The number of hydrogen-bond acceptors (Lipinski definition) is 3. The molecule has 90 valence electrons. The molecule has 1 saturated heterocycles. The largest absolute Gasteiger partial charge is 0.392 e. The van der Waals surface area contributed by atoms with E-state index >= 15 is 0 Å². The van der Waals surface area contributed by atoms with Crippen molar-refractivity contribution >= 4 is 0 Å². The number of hydrogen-bond donors (Lipinski definition) is 1. The van der Waals surface area contributed by atoms with Crippen molar-refractivity contribution in [3.05, 3.63) is 0 Å². The molecule has 0 aromatic carbocycles. The molecule has 0 aliphatic carbocycles. The molecule has 0 aromatic heterocycles. The Morgan fingerprint density at radius 1 is 1.33 bits per heavy atom. The Balaban J connectivity index is 2.66. The van der Waals surface area contributed by atoms with Crippen molar-refractivity contribution in [3.8, 4) is 0 Å². The zero-order valence-corrected chi connectivity index (χ0v) is 10.6. The van der Waals surface area contributed by atoms with E-state index in [9.17, 15) is 5.11 Å². The Labute approximate surface area is 94.1 Å². The highest BCUT2D eigenvalue weighted by Gasteiger charge is 2.27. The van der Waals surface area contributed by atoms with E-state index in [1.165, 1.54) is 19.4 Å². The fourth-order valence-electron chi connectivity index (χ4n) is 2.44. The van der Waals surface area contributed by atoms with E-state index in [-0.39, 0.29) is 12.1 Å². The molecule has 0 spiro atoms. The summed E-state index contributed by atoms with van der Waals surface area (Å²) in [6, 6.07) is 0.878. The average Bonchev–Trinajstić information content (AvgIpc) is 2.38. The lowest BCUT2D eigenvalue weighted by molar-refractivity contribution is 0.0427. The smallest absolute Gasteiger partial charge is 0.0664 e. The van der Waals surface area contributed by atoms with E-state index in [2.05, 4.69) is 30.7 Å². The highest BCUT2D eigenvalue weighted by atomic mass is 16.3. The molecule has 0 radical (unpaired) electrons. The average molecular weight is 214 g/mol. The van der Waals surface area contributed by atoms with E-state index < -0.39 is 0 Å². The summed E-state index contributed by atoms with van der Waals surface area (Å²) >= 11 is 0. The molecule has 1 rings (SSSR count). The number of likely N-dealkylation sites (N-methyl/N-ethyl adjacent to an activating group) is 1. The minimum atomic E-state index is -0.234. The van der Waals surface area contributed by atoms with Crippen LogP contribution in [0.5, 0.6) is 0 Å². The standard InChI is InChI=1S/C12H26N2O/c1-5-12-9-13(4)7-6-8-14(12)10(2)11(3)15/h10-12,15H,5-9H2,1-4H3. The van der Waals surface area contributed by atoms with Gasteiger partial charge in [-0.15, -0.1) is 0 Å². The van der Waals surface area contributed by atoms with Gasteiger partial charge in [0.2, 0.25) is 0 Å². The lowest BCUT2D eigenvalue weighted by Gasteiger charge is -2.36. The first kappa shape index (κ1) is 12.9. The summed E-state index contributed by atoms with van der Waals surface area (Å²) in [4.78, 5) is 4.89. The Hall–Kier alpha value is -0.120. The number of rotatable bonds is 3. The van der Waals surface area contributed by atoms with Crippen LogP contribution < -0.4 is 0 Å². The van der Waals surface area contributed by atoms with Gasteiger partial charge in [0, 0.05) is 25.2 Å². The Morgan fingerprint density at radius 3 is 2.53 bits per heavy atom.